The van der Waals surface area contributed by atoms with Crippen LogP contribution in [0.15, 0.2) is 18.2 Å². The van der Waals surface area contributed by atoms with Crippen LogP contribution in [0.1, 0.15) is 11.7 Å². The van der Waals surface area contributed by atoms with E-state index < -0.39 is 6.10 Å². The second-order valence-corrected chi connectivity index (χ2v) is 3.25. The van der Waals surface area contributed by atoms with Crippen LogP contribution in [-0.4, -0.2) is 22.7 Å². The van der Waals surface area contributed by atoms with Crippen molar-refractivity contribution in [2.75, 3.05) is 12.4 Å². The number of phenolic OH excluding ortho intramolecular Hbond substituents is 1. The molecular weight excluding hydrogens is 236 g/mol. The van der Waals surface area contributed by atoms with E-state index in [2.05, 4.69) is 15.9 Å². The number of phenols is 1. The molecule has 1 aromatic rings. The molecule has 0 radical (unpaired) electrons. The summed E-state index contributed by atoms with van der Waals surface area (Å²) in [7, 11) is 1.47. The first-order valence-corrected chi connectivity index (χ1v) is 4.92. The Morgan fingerprint density at radius 1 is 1.54 bits per heavy atom. The van der Waals surface area contributed by atoms with Crippen LogP contribution in [0, 0.1) is 0 Å². The molecule has 0 spiro atoms. The van der Waals surface area contributed by atoms with Gasteiger partial charge in [0.2, 0.25) is 0 Å². The Morgan fingerprint density at radius 2 is 2.23 bits per heavy atom. The fourth-order valence-corrected chi connectivity index (χ4v) is 1.36. The molecule has 0 aromatic heterocycles. The van der Waals surface area contributed by atoms with E-state index in [4.69, 9.17) is 4.74 Å². The highest BCUT2D eigenvalue weighted by Gasteiger charge is 2.08. The Hall–Kier alpha value is -0.740. The minimum atomic E-state index is -0.575. The average molecular weight is 247 g/mol. The Kier molecular flexibility index (Phi) is 3.57. The molecule has 0 saturated carbocycles. The van der Waals surface area contributed by atoms with E-state index in [0.717, 1.165) is 0 Å². The van der Waals surface area contributed by atoms with Gasteiger partial charge in [0.1, 0.15) is 0 Å². The summed E-state index contributed by atoms with van der Waals surface area (Å²) in [6.07, 6.45) is -0.575. The number of halogens is 1. The molecule has 0 heterocycles. The summed E-state index contributed by atoms with van der Waals surface area (Å²) in [5.41, 5.74) is 0.714. The van der Waals surface area contributed by atoms with Gasteiger partial charge in [-0.1, -0.05) is 22.0 Å². The second-order valence-electron chi connectivity index (χ2n) is 2.60. The van der Waals surface area contributed by atoms with Gasteiger partial charge in [-0.05, 0) is 17.7 Å². The third-order valence-electron chi connectivity index (χ3n) is 1.73. The van der Waals surface area contributed by atoms with E-state index in [9.17, 15) is 10.2 Å². The number of ether oxygens (including phenoxy) is 1. The van der Waals surface area contributed by atoms with Crippen molar-refractivity contribution in [3.8, 4) is 11.5 Å². The fraction of sp³-hybridized carbons (Fsp3) is 0.333. The number of hydrogen-bond donors (Lipinski definition) is 2. The summed E-state index contributed by atoms with van der Waals surface area (Å²) in [4.78, 5) is 0. The lowest BCUT2D eigenvalue weighted by Crippen LogP contribution is -1.98. The van der Waals surface area contributed by atoms with Crippen molar-refractivity contribution in [3.63, 3.8) is 0 Å². The number of aromatic hydroxyl groups is 1. The lowest BCUT2D eigenvalue weighted by atomic mass is 10.1. The molecule has 1 aromatic carbocycles. The maximum Gasteiger partial charge on any atom is 0.160 e. The minimum Gasteiger partial charge on any atom is -0.504 e. The summed E-state index contributed by atoms with van der Waals surface area (Å²) in [5.74, 6) is 0.450. The van der Waals surface area contributed by atoms with E-state index in [1.807, 2.05) is 0 Å². The lowest BCUT2D eigenvalue weighted by Gasteiger charge is -2.09. The van der Waals surface area contributed by atoms with Crippen LogP contribution >= 0.6 is 15.9 Å². The predicted octanol–water partition coefficient (Wildman–Crippen LogP) is 1.83. The van der Waals surface area contributed by atoms with Gasteiger partial charge in [-0.25, -0.2) is 0 Å². The molecule has 3 nitrogen and oxygen atoms in total. The van der Waals surface area contributed by atoms with Crippen LogP contribution in [0.2, 0.25) is 0 Å². The number of methoxy groups -OCH3 is 1. The highest BCUT2D eigenvalue weighted by atomic mass is 79.9. The van der Waals surface area contributed by atoms with Crippen molar-refractivity contribution in [2.45, 2.75) is 6.10 Å². The maximum atomic E-state index is 9.46. The number of aliphatic hydroxyl groups excluding tert-OH is 1. The van der Waals surface area contributed by atoms with Crippen LogP contribution in [0.4, 0.5) is 0 Å². The Bertz CT molecular complexity index is 288. The zero-order valence-corrected chi connectivity index (χ0v) is 8.78. The molecule has 0 aliphatic heterocycles. The molecule has 0 bridgehead atoms. The molecular formula is C9H11BrO3. The van der Waals surface area contributed by atoms with Crippen molar-refractivity contribution in [2.24, 2.45) is 0 Å². The van der Waals surface area contributed by atoms with E-state index in [1.165, 1.54) is 13.2 Å². The molecule has 1 atom stereocenters. The largest absolute Gasteiger partial charge is 0.504 e. The highest BCUT2D eigenvalue weighted by molar-refractivity contribution is 9.09. The Morgan fingerprint density at radius 3 is 2.77 bits per heavy atom. The van der Waals surface area contributed by atoms with Gasteiger partial charge < -0.3 is 14.9 Å². The van der Waals surface area contributed by atoms with Gasteiger partial charge in [0.15, 0.2) is 11.5 Å². The molecule has 0 fully saturated rings. The fourth-order valence-electron chi connectivity index (χ4n) is 0.991. The number of aliphatic hydroxyl groups is 1. The van der Waals surface area contributed by atoms with Crippen molar-refractivity contribution >= 4 is 15.9 Å². The van der Waals surface area contributed by atoms with Gasteiger partial charge >= 0.3 is 0 Å². The van der Waals surface area contributed by atoms with Crippen LogP contribution in [0.25, 0.3) is 0 Å². The smallest absolute Gasteiger partial charge is 0.160 e. The van der Waals surface area contributed by atoms with Gasteiger partial charge in [0.25, 0.3) is 0 Å². The molecule has 13 heavy (non-hydrogen) atoms. The van der Waals surface area contributed by atoms with Crippen LogP contribution in [-0.2, 0) is 0 Å². The quantitative estimate of drug-likeness (QED) is 0.801. The SMILES string of the molecule is COc1cc(C(O)CBr)ccc1O. The highest BCUT2D eigenvalue weighted by Crippen LogP contribution is 2.29. The standard InChI is InChI=1S/C9H11BrO3/c1-13-9-4-6(8(12)5-10)2-3-7(9)11/h2-4,8,11-12H,5H2,1H3. The van der Waals surface area contributed by atoms with Gasteiger partial charge in [0.05, 0.1) is 13.2 Å². The Labute approximate surface area is 85.1 Å². The number of alkyl halides is 1. The van der Waals surface area contributed by atoms with Crippen LogP contribution in [0.5, 0.6) is 11.5 Å². The number of hydrogen-bond acceptors (Lipinski definition) is 3. The average Bonchev–Trinajstić information content (AvgIpc) is 2.17. The van der Waals surface area contributed by atoms with Crippen LogP contribution in [0.3, 0.4) is 0 Å². The summed E-state index contributed by atoms with van der Waals surface area (Å²) < 4.78 is 4.90. The summed E-state index contributed by atoms with van der Waals surface area (Å²) in [6, 6.07) is 4.77. The first-order chi connectivity index (χ1) is 6.19. The first kappa shape index (κ1) is 10.3. The van der Waals surface area contributed by atoms with Crippen molar-refractivity contribution in [1.29, 1.82) is 0 Å². The van der Waals surface area contributed by atoms with Gasteiger partial charge in [-0.3, -0.25) is 0 Å². The molecule has 0 aliphatic carbocycles. The predicted molar refractivity (Wildman–Crippen MR) is 53.4 cm³/mol. The number of rotatable bonds is 3. The molecule has 4 heteroatoms. The molecule has 1 rings (SSSR count). The topological polar surface area (TPSA) is 49.7 Å². The molecule has 2 N–H and O–H groups in total. The van der Waals surface area contributed by atoms with Gasteiger partial charge in [-0.15, -0.1) is 0 Å². The van der Waals surface area contributed by atoms with Crippen molar-refractivity contribution in [3.05, 3.63) is 23.8 Å². The monoisotopic (exact) mass is 246 g/mol. The molecule has 72 valence electrons. The summed E-state index contributed by atoms with van der Waals surface area (Å²) in [5, 5.41) is 19.2. The van der Waals surface area contributed by atoms with E-state index in [0.29, 0.717) is 16.6 Å². The maximum absolute atomic E-state index is 9.46. The first-order valence-electron chi connectivity index (χ1n) is 3.80. The Balaban J connectivity index is 2.99. The van der Waals surface area contributed by atoms with Crippen molar-refractivity contribution in [1.82, 2.24) is 0 Å². The third kappa shape index (κ3) is 2.35. The van der Waals surface area contributed by atoms with Gasteiger partial charge in [0, 0.05) is 5.33 Å². The third-order valence-corrected chi connectivity index (χ3v) is 2.35. The molecule has 0 saturated heterocycles. The van der Waals surface area contributed by atoms with E-state index >= 15 is 0 Å². The summed E-state index contributed by atoms with van der Waals surface area (Å²) >= 11 is 3.16. The van der Waals surface area contributed by atoms with Gasteiger partial charge in [-0.2, -0.15) is 0 Å². The van der Waals surface area contributed by atoms with E-state index in [1.54, 1.807) is 12.1 Å². The van der Waals surface area contributed by atoms with Crippen molar-refractivity contribution < 1.29 is 14.9 Å². The molecule has 1 unspecified atom stereocenters. The zero-order valence-electron chi connectivity index (χ0n) is 7.20. The lowest BCUT2D eigenvalue weighted by molar-refractivity contribution is 0.204. The molecule has 0 aliphatic rings. The second kappa shape index (κ2) is 4.48. The molecule has 0 amide bonds. The van der Waals surface area contributed by atoms with E-state index in [-0.39, 0.29) is 5.75 Å². The van der Waals surface area contributed by atoms with Crippen LogP contribution < -0.4 is 4.74 Å². The minimum absolute atomic E-state index is 0.0769. The number of benzene rings is 1. The normalized spacial score (nSPS) is 12.5. The zero-order chi connectivity index (χ0) is 9.84. The summed E-state index contributed by atoms with van der Waals surface area (Å²) in [6.45, 7) is 0.